The Morgan fingerprint density at radius 2 is 1.62 bits per heavy atom. The van der Waals surface area contributed by atoms with Gasteiger partial charge in [0.05, 0.1) is 15.7 Å². The van der Waals surface area contributed by atoms with Crippen molar-refractivity contribution in [1.82, 2.24) is 4.72 Å². The summed E-state index contributed by atoms with van der Waals surface area (Å²) in [7, 11) is -3.68. The summed E-state index contributed by atoms with van der Waals surface area (Å²) in [5.74, 6) is 0. The normalized spacial score (nSPS) is 18.2. The Labute approximate surface area is 136 Å². The van der Waals surface area contributed by atoms with E-state index in [1.54, 1.807) is 0 Å². The lowest BCUT2D eigenvalue weighted by atomic mass is 9.97. The van der Waals surface area contributed by atoms with Gasteiger partial charge in [0.15, 0.2) is 0 Å². The maximum atomic E-state index is 12.5. The SMILES string of the molecule is Nc1c(Cl)ccc(S(=O)(=O)NC2CCCCCCC2)c1Cl. The lowest BCUT2D eigenvalue weighted by Gasteiger charge is -2.21. The van der Waals surface area contributed by atoms with Gasteiger partial charge in [-0.1, -0.05) is 55.3 Å². The highest BCUT2D eigenvalue weighted by molar-refractivity contribution is 7.89. The molecule has 0 spiro atoms. The first-order chi connectivity index (χ1) is 9.92. The van der Waals surface area contributed by atoms with Gasteiger partial charge in [-0.2, -0.15) is 0 Å². The summed E-state index contributed by atoms with van der Waals surface area (Å²) in [5.41, 5.74) is 5.80. The van der Waals surface area contributed by atoms with Crippen LogP contribution in [0.4, 0.5) is 5.69 Å². The van der Waals surface area contributed by atoms with Crippen LogP contribution >= 0.6 is 23.2 Å². The number of sulfonamides is 1. The lowest BCUT2D eigenvalue weighted by molar-refractivity contribution is 0.426. The van der Waals surface area contributed by atoms with Crippen LogP contribution in [0.3, 0.4) is 0 Å². The number of hydrogen-bond acceptors (Lipinski definition) is 3. The van der Waals surface area contributed by atoms with Crippen molar-refractivity contribution in [3.63, 3.8) is 0 Å². The zero-order chi connectivity index (χ0) is 15.5. The van der Waals surface area contributed by atoms with Gasteiger partial charge in [-0.05, 0) is 25.0 Å². The molecule has 1 aliphatic carbocycles. The Balaban J connectivity index is 2.19. The molecule has 1 aromatic carbocycles. The van der Waals surface area contributed by atoms with Gasteiger partial charge in [0, 0.05) is 6.04 Å². The zero-order valence-corrected chi connectivity index (χ0v) is 14.1. The third kappa shape index (κ3) is 4.25. The number of nitrogens with two attached hydrogens (primary N) is 1. The van der Waals surface area contributed by atoms with Crippen molar-refractivity contribution in [3.8, 4) is 0 Å². The summed E-state index contributed by atoms with van der Waals surface area (Å²) in [4.78, 5) is -0.00636. The van der Waals surface area contributed by atoms with Gasteiger partial charge in [0.25, 0.3) is 0 Å². The van der Waals surface area contributed by atoms with Gasteiger partial charge in [0.2, 0.25) is 10.0 Å². The predicted octanol–water partition coefficient (Wildman–Crippen LogP) is 3.97. The van der Waals surface area contributed by atoms with E-state index in [1.807, 2.05) is 0 Å². The fraction of sp³-hybridized carbons (Fsp3) is 0.571. The minimum Gasteiger partial charge on any atom is -0.396 e. The monoisotopic (exact) mass is 350 g/mol. The molecule has 2 rings (SSSR count). The minimum absolute atomic E-state index is 0.00636. The van der Waals surface area contributed by atoms with Crippen LogP contribution in [0.15, 0.2) is 17.0 Å². The van der Waals surface area contributed by atoms with Crippen LogP contribution in [0.2, 0.25) is 10.0 Å². The summed E-state index contributed by atoms with van der Waals surface area (Å²) in [6.07, 6.45) is 7.37. The van der Waals surface area contributed by atoms with Gasteiger partial charge in [-0.3, -0.25) is 0 Å². The van der Waals surface area contributed by atoms with Crippen molar-refractivity contribution in [2.75, 3.05) is 5.73 Å². The molecule has 0 bridgehead atoms. The lowest BCUT2D eigenvalue weighted by Crippen LogP contribution is -2.35. The van der Waals surface area contributed by atoms with Crippen LogP contribution < -0.4 is 10.5 Å². The van der Waals surface area contributed by atoms with E-state index in [1.165, 1.54) is 18.6 Å². The molecule has 0 heterocycles. The molecule has 0 amide bonds. The molecule has 7 heteroatoms. The zero-order valence-electron chi connectivity index (χ0n) is 11.7. The average molecular weight is 351 g/mol. The van der Waals surface area contributed by atoms with Crippen LogP contribution in [0.5, 0.6) is 0 Å². The van der Waals surface area contributed by atoms with Gasteiger partial charge < -0.3 is 5.73 Å². The second-order valence-corrected chi connectivity index (χ2v) is 7.90. The molecule has 1 aliphatic rings. The topological polar surface area (TPSA) is 72.2 Å². The average Bonchev–Trinajstić information content (AvgIpc) is 2.38. The molecular weight excluding hydrogens is 331 g/mol. The number of hydrogen-bond donors (Lipinski definition) is 2. The Bertz CT molecular complexity index is 597. The molecule has 118 valence electrons. The highest BCUT2D eigenvalue weighted by atomic mass is 35.5. The summed E-state index contributed by atoms with van der Waals surface area (Å²) >= 11 is 11.9. The first-order valence-electron chi connectivity index (χ1n) is 7.17. The molecule has 0 aromatic heterocycles. The van der Waals surface area contributed by atoms with E-state index in [9.17, 15) is 8.42 Å². The van der Waals surface area contributed by atoms with Crippen molar-refractivity contribution < 1.29 is 8.42 Å². The highest BCUT2D eigenvalue weighted by Crippen LogP contribution is 2.33. The van der Waals surface area contributed by atoms with Crippen LogP contribution in [0, 0.1) is 0 Å². The number of nitrogens with one attached hydrogen (secondary N) is 1. The fourth-order valence-electron chi connectivity index (χ4n) is 2.61. The molecule has 0 aliphatic heterocycles. The number of benzene rings is 1. The molecule has 3 N–H and O–H groups in total. The van der Waals surface area contributed by atoms with Crippen molar-refractivity contribution in [3.05, 3.63) is 22.2 Å². The van der Waals surface area contributed by atoms with E-state index < -0.39 is 10.0 Å². The Morgan fingerprint density at radius 1 is 1.05 bits per heavy atom. The molecular formula is C14H20Cl2N2O2S. The highest BCUT2D eigenvalue weighted by Gasteiger charge is 2.24. The van der Waals surface area contributed by atoms with Crippen LogP contribution in [0.1, 0.15) is 44.9 Å². The summed E-state index contributed by atoms with van der Waals surface area (Å²) in [6, 6.07) is 2.81. The molecule has 21 heavy (non-hydrogen) atoms. The van der Waals surface area contributed by atoms with Crippen molar-refractivity contribution in [2.24, 2.45) is 0 Å². The maximum absolute atomic E-state index is 12.5. The first-order valence-corrected chi connectivity index (χ1v) is 9.41. The number of anilines is 1. The van der Waals surface area contributed by atoms with E-state index in [2.05, 4.69) is 4.72 Å². The van der Waals surface area contributed by atoms with Gasteiger partial charge in [-0.15, -0.1) is 0 Å². The standard InChI is InChI=1S/C14H20Cl2N2O2S/c15-11-8-9-12(13(16)14(11)17)21(19,20)18-10-6-4-2-1-3-5-7-10/h8-10,18H,1-7,17H2. The van der Waals surface area contributed by atoms with Gasteiger partial charge in [-0.25, -0.2) is 13.1 Å². The minimum atomic E-state index is -3.68. The molecule has 4 nitrogen and oxygen atoms in total. The molecule has 0 atom stereocenters. The van der Waals surface area contributed by atoms with E-state index in [0.717, 1.165) is 38.5 Å². The Morgan fingerprint density at radius 3 is 2.24 bits per heavy atom. The number of nitrogen functional groups attached to an aromatic ring is 1. The second kappa shape index (κ2) is 7.18. The molecule has 1 saturated carbocycles. The predicted molar refractivity (Wildman–Crippen MR) is 87.3 cm³/mol. The first kappa shape index (κ1) is 16.9. The summed E-state index contributed by atoms with van der Waals surface area (Å²) in [6.45, 7) is 0. The Hall–Kier alpha value is -0.490. The van der Waals surface area contributed by atoms with E-state index in [4.69, 9.17) is 28.9 Å². The van der Waals surface area contributed by atoms with E-state index in [0.29, 0.717) is 0 Å². The fourth-order valence-corrected chi connectivity index (χ4v) is 4.68. The van der Waals surface area contributed by atoms with Crippen molar-refractivity contribution in [2.45, 2.75) is 55.9 Å². The quantitative estimate of drug-likeness (QED) is 0.810. The van der Waals surface area contributed by atoms with Crippen molar-refractivity contribution >= 4 is 38.9 Å². The third-order valence-electron chi connectivity index (χ3n) is 3.81. The van der Waals surface area contributed by atoms with Crippen molar-refractivity contribution in [1.29, 1.82) is 0 Å². The second-order valence-electron chi connectivity index (χ2n) is 5.44. The molecule has 0 radical (unpaired) electrons. The molecule has 1 fully saturated rings. The van der Waals surface area contributed by atoms with Crippen LogP contribution in [0.25, 0.3) is 0 Å². The van der Waals surface area contributed by atoms with Crippen LogP contribution in [-0.2, 0) is 10.0 Å². The van der Waals surface area contributed by atoms with E-state index in [-0.39, 0.29) is 26.7 Å². The van der Waals surface area contributed by atoms with Gasteiger partial charge >= 0.3 is 0 Å². The smallest absolute Gasteiger partial charge is 0.242 e. The van der Waals surface area contributed by atoms with E-state index >= 15 is 0 Å². The number of halogens is 2. The number of rotatable bonds is 3. The summed E-state index contributed by atoms with van der Waals surface area (Å²) < 4.78 is 27.7. The van der Waals surface area contributed by atoms with Gasteiger partial charge in [0.1, 0.15) is 4.90 Å². The largest absolute Gasteiger partial charge is 0.396 e. The molecule has 1 aromatic rings. The summed E-state index contributed by atoms with van der Waals surface area (Å²) in [5, 5.41) is 0.241. The maximum Gasteiger partial charge on any atom is 0.242 e. The Kier molecular flexibility index (Phi) is 5.77. The third-order valence-corrected chi connectivity index (χ3v) is 6.22. The molecule has 0 unspecified atom stereocenters. The molecule has 0 saturated heterocycles. The van der Waals surface area contributed by atoms with Crippen LogP contribution in [-0.4, -0.2) is 14.5 Å².